The number of anilines is 1. The Bertz CT molecular complexity index is 499. The minimum atomic E-state index is -4.49. The van der Waals surface area contributed by atoms with E-state index in [-0.39, 0.29) is 22.5 Å². The van der Waals surface area contributed by atoms with Gasteiger partial charge in [-0.1, -0.05) is 11.6 Å². The van der Waals surface area contributed by atoms with Crippen LogP contribution in [-0.2, 0) is 11.0 Å². The first-order valence-corrected chi connectivity index (χ1v) is 6.63. The number of hydrogen-bond acceptors (Lipinski definition) is 2. The Labute approximate surface area is 119 Å². The number of hydrogen-bond donors (Lipinski definition) is 2. The summed E-state index contributed by atoms with van der Waals surface area (Å²) in [6, 6.07) is 3.03. The second-order valence-corrected chi connectivity index (χ2v) is 5.20. The van der Waals surface area contributed by atoms with E-state index < -0.39 is 11.7 Å². The molecule has 1 aromatic carbocycles. The summed E-state index contributed by atoms with van der Waals surface area (Å²) in [6.45, 7) is 1.40. The lowest BCUT2D eigenvalue weighted by Gasteiger charge is -2.22. The maximum absolute atomic E-state index is 12.7. The predicted octanol–water partition coefficient (Wildman–Crippen LogP) is 3.30. The second kappa shape index (κ2) is 6.01. The van der Waals surface area contributed by atoms with Crippen LogP contribution in [0.4, 0.5) is 18.9 Å². The highest BCUT2D eigenvalue weighted by Gasteiger charge is 2.31. The smallest absolute Gasteiger partial charge is 0.326 e. The molecular weight excluding hydrogens is 293 g/mol. The average molecular weight is 307 g/mol. The molecule has 2 N–H and O–H groups in total. The normalized spacial score (nSPS) is 19.7. The molecule has 20 heavy (non-hydrogen) atoms. The lowest BCUT2D eigenvalue weighted by Crippen LogP contribution is -2.37. The SMILES string of the molecule is O=C(Nc1cc(Cl)cc(C(F)(F)F)c1)[C@H]1CCCNC1. The molecule has 1 aliphatic rings. The topological polar surface area (TPSA) is 41.1 Å². The maximum Gasteiger partial charge on any atom is 0.416 e. The van der Waals surface area contributed by atoms with E-state index in [1.54, 1.807) is 0 Å². The molecule has 0 saturated carbocycles. The Balaban J connectivity index is 2.12. The number of piperidine rings is 1. The van der Waals surface area contributed by atoms with Gasteiger partial charge >= 0.3 is 6.18 Å². The molecule has 0 unspecified atom stereocenters. The molecule has 1 aliphatic heterocycles. The first-order chi connectivity index (χ1) is 9.36. The fraction of sp³-hybridized carbons (Fsp3) is 0.462. The third-order valence-corrected chi connectivity index (χ3v) is 3.38. The number of carbonyl (C=O) groups is 1. The van der Waals surface area contributed by atoms with Crippen LogP contribution in [-0.4, -0.2) is 19.0 Å². The van der Waals surface area contributed by atoms with Crippen molar-refractivity contribution < 1.29 is 18.0 Å². The number of carbonyl (C=O) groups excluding carboxylic acids is 1. The first-order valence-electron chi connectivity index (χ1n) is 6.25. The third kappa shape index (κ3) is 3.86. The minimum absolute atomic E-state index is 0.0584. The van der Waals surface area contributed by atoms with Gasteiger partial charge in [0.25, 0.3) is 0 Å². The molecule has 1 atom stereocenters. The van der Waals surface area contributed by atoms with E-state index in [4.69, 9.17) is 11.6 Å². The van der Waals surface area contributed by atoms with E-state index >= 15 is 0 Å². The molecule has 3 nitrogen and oxygen atoms in total. The van der Waals surface area contributed by atoms with Gasteiger partial charge in [-0.2, -0.15) is 13.2 Å². The first kappa shape index (κ1) is 15.1. The number of rotatable bonds is 2. The van der Waals surface area contributed by atoms with Crippen molar-refractivity contribution in [2.24, 2.45) is 5.92 Å². The van der Waals surface area contributed by atoms with Crippen LogP contribution in [0.3, 0.4) is 0 Å². The van der Waals surface area contributed by atoms with Gasteiger partial charge in [-0.15, -0.1) is 0 Å². The fourth-order valence-electron chi connectivity index (χ4n) is 2.15. The number of nitrogens with one attached hydrogen (secondary N) is 2. The van der Waals surface area contributed by atoms with Crippen molar-refractivity contribution in [1.29, 1.82) is 0 Å². The molecule has 1 amide bonds. The summed E-state index contributed by atoms with van der Waals surface area (Å²) in [5.41, 5.74) is -0.803. The van der Waals surface area contributed by atoms with Crippen molar-refractivity contribution >= 4 is 23.2 Å². The Kier molecular flexibility index (Phi) is 4.55. The maximum atomic E-state index is 12.7. The molecule has 2 rings (SSSR count). The van der Waals surface area contributed by atoms with Crippen LogP contribution in [0.5, 0.6) is 0 Å². The lowest BCUT2D eigenvalue weighted by atomic mass is 9.99. The van der Waals surface area contributed by atoms with E-state index in [0.717, 1.165) is 31.5 Å². The van der Waals surface area contributed by atoms with Gasteiger partial charge in [0.1, 0.15) is 0 Å². The van der Waals surface area contributed by atoms with Crippen LogP contribution in [0.15, 0.2) is 18.2 Å². The molecular formula is C13H14ClF3N2O. The van der Waals surface area contributed by atoms with Crippen molar-refractivity contribution in [2.45, 2.75) is 19.0 Å². The van der Waals surface area contributed by atoms with Crippen molar-refractivity contribution in [3.8, 4) is 0 Å². The molecule has 1 saturated heterocycles. The summed E-state index contributed by atoms with van der Waals surface area (Å²) in [5.74, 6) is -0.510. The van der Waals surface area contributed by atoms with E-state index in [0.29, 0.717) is 6.54 Å². The molecule has 0 bridgehead atoms. The highest BCUT2D eigenvalue weighted by molar-refractivity contribution is 6.31. The molecule has 7 heteroatoms. The molecule has 0 aliphatic carbocycles. The van der Waals surface area contributed by atoms with Gasteiger partial charge < -0.3 is 10.6 Å². The van der Waals surface area contributed by atoms with Gasteiger partial charge in [0.15, 0.2) is 0 Å². The van der Waals surface area contributed by atoms with Gasteiger partial charge in [-0.3, -0.25) is 4.79 Å². The summed E-state index contributed by atoms with van der Waals surface area (Å²) in [7, 11) is 0. The van der Waals surface area contributed by atoms with Gasteiger partial charge in [0.05, 0.1) is 11.5 Å². The van der Waals surface area contributed by atoms with E-state index in [1.807, 2.05) is 0 Å². The van der Waals surface area contributed by atoms with Crippen LogP contribution in [0.1, 0.15) is 18.4 Å². The van der Waals surface area contributed by atoms with Gasteiger partial charge in [0, 0.05) is 17.3 Å². The predicted molar refractivity (Wildman–Crippen MR) is 70.7 cm³/mol. The third-order valence-electron chi connectivity index (χ3n) is 3.16. The summed E-state index contributed by atoms with van der Waals surface area (Å²) >= 11 is 5.66. The largest absolute Gasteiger partial charge is 0.416 e. The lowest BCUT2D eigenvalue weighted by molar-refractivity contribution is -0.137. The van der Waals surface area contributed by atoms with Gasteiger partial charge in [-0.05, 0) is 37.6 Å². The number of alkyl halides is 3. The monoisotopic (exact) mass is 306 g/mol. The van der Waals surface area contributed by atoms with E-state index in [9.17, 15) is 18.0 Å². The van der Waals surface area contributed by atoms with Gasteiger partial charge in [-0.25, -0.2) is 0 Å². The van der Waals surface area contributed by atoms with Crippen LogP contribution in [0.25, 0.3) is 0 Å². The van der Waals surface area contributed by atoms with Gasteiger partial charge in [0.2, 0.25) is 5.91 Å². The summed E-state index contributed by atoms with van der Waals surface area (Å²) in [5, 5.41) is 5.52. The van der Waals surface area contributed by atoms with Crippen molar-refractivity contribution in [1.82, 2.24) is 5.32 Å². The highest BCUT2D eigenvalue weighted by Crippen LogP contribution is 2.33. The molecule has 0 spiro atoms. The highest BCUT2D eigenvalue weighted by atomic mass is 35.5. The molecule has 110 valence electrons. The number of halogens is 4. The second-order valence-electron chi connectivity index (χ2n) is 4.76. The van der Waals surface area contributed by atoms with Crippen LogP contribution in [0, 0.1) is 5.92 Å². The minimum Gasteiger partial charge on any atom is -0.326 e. The molecule has 1 heterocycles. The summed E-state index contributed by atoms with van der Waals surface area (Å²) < 4.78 is 38.0. The van der Waals surface area contributed by atoms with Crippen molar-refractivity contribution in [3.05, 3.63) is 28.8 Å². The average Bonchev–Trinajstić information content (AvgIpc) is 2.38. The van der Waals surface area contributed by atoms with Crippen molar-refractivity contribution in [3.63, 3.8) is 0 Å². The fourth-order valence-corrected chi connectivity index (χ4v) is 2.38. The van der Waals surface area contributed by atoms with Crippen LogP contribution in [0.2, 0.25) is 5.02 Å². The zero-order chi connectivity index (χ0) is 14.8. The van der Waals surface area contributed by atoms with Crippen LogP contribution >= 0.6 is 11.6 Å². The number of amides is 1. The Morgan fingerprint density at radius 1 is 1.35 bits per heavy atom. The zero-order valence-electron chi connectivity index (χ0n) is 10.6. The Morgan fingerprint density at radius 2 is 2.10 bits per heavy atom. The molecule has 0 aromatic heterocycles. The zero-order valence-corrected chi connectivity index (χ0v) is 11.3. The van der Waals surface area contributed by atoms with Crippen LogP contribution < -0.4 is 10.6 Å². The molecule has 0 radical (unpaired) electrons. The molecule has 1 aromatic rings. The Morgan fingerprint density at radius 3 is 2.70 bits per heavy atom. The quantitative estimate of drug-likeness (QED) is 0.880. The number of benzene rings is 1. The van der Waals surface area contributed by atoms with E-state index in [2.05, 4.69) is 10.6 Å². The Hall–Kier alpha value is -1.27. The van der Waals surface area contributed by atoms with Crippen molar-refractivity contribution in [2.75, 3.05) is 18.4 Å². The summed E-state index contributed by atoms with van der Waals surface area (Å²) in [4.78, 5) is 12.0. The van der Waals surface area contributed by atoms with E-state index in [1.165, 1.54) is 6.07 Å². The standard InChI is InChI=1S/C13H14ClF3N2O/c14-10-4-9(13(15,16)17)5-11(6-10)19-12(20)8-2-1-3-18-7-8/h4-6,8,18H,1-3,7H2,(H,19,20)/t8-/m0/s1. The molecule has 1 fully saturated rings. The summed E-state index contributed by atoms with van der Waals surface area (Å²) in [6.07, 6.45) is -2.89.